The lowest BCUT2D eigenvalue weighted by molar-refractivity contribution is 0.222. The van der Waals surface area contributed by atoms with Gasteiger partial charge in [-0.15, -0.1) is 0 Å². The van der Waals surface area contributed by atoms with Crippen LogP contribution in [0.3, 0.4) is 0 Å². The molecule has 2 aromatic heterocycles. The van der Waals surface area contributed by atoms with Gasteiger partial charge in [0.05, 0.1) is 16.2 Å². The van der Waals surface area contributed by atoms with E-state index in [0.717, 1.165) is 23.9 Å². The highest BCUT2D eigenvalue weighted by molar-refractivity contribution is 6.36. The summed E-state index contributed by atoms with van der Waals surface area (Å²) in [7, 11) is 0. The highest BCUT2D eigenvalue weighted by Crippen LogP contribution is 2.38. The molecule has 6 heteroatoms. The summed E-state index contributed by atoms with van der Waals surface area (Å²) in [5.41, 5.74) is 3.37. The minimum absolute atomic E-state index is 0.0312. The van der Waals surface area contributed by atoms with E-state index in [-0.39, 0.29) is 11.6 Å². The van der Waals surface area contributed by atoms with Crippen LogP contribution in [0.15, 0.2) is 35.3 Å². The van der Waals surface area contributed by atoms with E-state index in [1.54, 1.807) is 25.3 Å². The van der Waals surface area contributed by atoms with Gasteiger partial charge in [0.25, 0.3) is 5.56 Å². The average molecular weight is 388 g/mol. The molecule has 134 valence electrons. The number of hydrogen-bond donors (Lipinski definition) is 0. The Bertz CT molecular complexity index is 1060. The van der Waals surface area contributed by atoms with Gasteiger partial charge in [-0.1, -0.05) is 29.6 Å². The molecule has 0 bridgehead atoms. The lowest BCUT2D eigenvalue weighted by Crippen LogP contribution is -2.33. The van der Waals surface area contributed by atoms with Gasteiger partial charge in [0.1, 0.15) is 11.2 Å². The zero-order chi connectivity index (χ0) is 18.4. The lowest BCUT2D eigenvalue weighted by Gasteiger charge is -2.33. The highest BCUT2D eigenvalue weighted by atomic mass is 35.5. The standard InChI is InChI=1S/C20H19Cl2N3O/c1-11-20(26)25(12(2)13-4-3-5-13)17-8-9-23-18(19(17)24-11)15-7-6-14(21)10-16(15)22/h6-10,12-13H,3-5H2,1-2H3/t12-/m1/s1. The minimum atomic E-state index is -0.0312. The van der Waals surface area contributed by atoms with Gasteiger partial charge in [-0.25, -0.2) is 4.98 Å². The summed E-state index contributed by atoms with van der Waals surface area (Å²) in [6, 6.07) is 7.32. The summed E-state index contributed by atoms with van der Waals surface area (Å²) in [6.45, 7) is 3.88. The van der Waals surface area contributed by atoms with Crippen LogP contribution in [0.5, 0.6) is 0 Å². The maximum Gasteiger partial charge on any atom is 0.272 e. The van der Waals surface area contributed by atoms with Crippen molar-refractivity contribution in [3.63, 3.8) is 0 Å². The van der Waals surface area contributed by atoms with E-state index >= 15 is 0 Å². The predicted octanol–water partition coefficient (Wildman–Crippen LogP) is 5.43. The molecule has 1 atom stereocenters. The molecule has 0 spiro atoms. The highest BCUT2D eigenvalue weighted by Gasteiger charge is 2.28. The number of hydrogen-bond acceptors (Lipinski definition) is 3. The zero-order valence-corrected chi connectivity index (χ0v) is 16.2. The minimum Gasteiger partial charge on any atom is -0.302 e. The van der Waals surface area contributed by atoms with Gasteiger partial charge < -0.3 is 4.57 Å². The van der Waals surface area contributed by atoms with Crippen molar-refractivity contribution >= 4 is 34.2 Å². The third-order valence-electron chi connectivity index (χ3n) is 5.40. The second-order valence-corrected chi connectivity index (χ2v) is 7.80. The first-order valence-corrected chi connectivity index (χ1v) is 9.56. The first-order valence-electron chi connectivity index (χ1n) is 8.80. The van der Waals surface area contributed by atoms with Crippen LogP contribution < -0.4 is 5.56 Å². The summed E-state index contributed by atoms with van der Waals surface area (Å²) in [5.74, 6) is 0.536. The van der Waals surface area contributed by atoms with Gasteiger partial charge in [-0.3, -0.25) is 9.78 Å². The number of aromatic nitrogens is 3. The first kappa shape index (κ1) is 17.5. The van der Waals surface area contributed by atoms with Gasteiger partial charge in [0.2, 0.25) is 0 Å². The summed E-state index contributed by atoms with van der Waals surface area (Å²) in [6.07, 6.45) is 5.27. The molecule has 0 radical (unpaired) electrons. The van der Waals surface area contributed by atoms with Crippen molar-refractivity contribution in [3.8, 4) is 11.3 Å². The number of aryl methyl sites for hydroxylation is 1. The van der Waals surface area contributed by atoms with Crippen molar-refractivity contribution in [2.45, 2.75) is 39.2 Å². The van der Waals surface area contributed by atoms with Crippen LogP contribution in [0.2, 0.25) is 10.0 Å². The topological polar surface area (TPSA) is 47.8 Å². The Morgan fingerprint density at radius 2 is 2.00 bits per heavy atom. The van der Waals surface area contributed by atoms with Crippen LogP contribution in [-0.2, 0) is 0 Å². The number of benzene rings is 1. The van der Waals surface area contributed by atoms with Crippen LogP contribution in [0.4, 0.5) is 0 Å². The summed E-state index contributed by atoms with van der Waals surface area (Å²) in [5, 5.41) is 1.08. The molecule has 0 aliphatic heterocycles. The number of nitrogens with zero attached hydrogens (tertiary/aromatic N) is 3. The van der Waals surface area contributed by atoms with Crippen molar-refractivity contribution in [1.82, 2.24) is 14.5 Å². The monoisotopic (exact) mass is 387 g/mol. The van der Waals surface area contributed by atoms with Crippen molar-refractivity contribution < 1.29 is 0 Å². The lowest BCUT2D eigenvalue weighted by atomic mass is 9.80. The number of fused-ring (bicyclic) bond motifs is 1. The summed E-state index contributed by atoms with van der Waals surface area (Å²) < 4.78 is 1.89. The number of pyridine rings is 1. The van der Waals surface area contributed by atoms with Gasteiger partial charge in [-0.2, -0.15) is 0 Å². The van der Waals surface area contributed by atoms with E-state index < -0.39 is 0 Å². The molecule has 0 amide bonds. The van der Waals surface area contributed by atoms with Crippen molar-refractivity contribution in [3.05, 3.63) is 56.6 Å². The van der Waals surface area contributed by atoms with Crippen LogP contribution in [0.1, 0.15) is 37.9 Å². The molecule has 1 aliphatic rings. The van der Waals surface area contributed by atoms with E-state index in [9.17, 15) is 4.79 Å². The molecule has 1 saturated carbocycles. The predicted molar refractivity (Wildman–Crippen MR) is 106 cm³/mol. The average Bonchev–Trinajstić information content (AvgIpc) is 2.54. The van der Waals surface area contributed by atoms with E-state index in [1.807, 2.05) is 16.7 Å². The Morgan fingerprint density at radius 1 is 1.23 bits per heavy atom. The molecule has 1 aromatic carbocycles. The maximum atomic E-state index is 12.9. The number of halogens is 2. The van der Waals surface area contributed by atoms with Crippen LogP contribution in [-0.4, -0.2) is 14.5 Å². The summed E-state index contributed by atoms with van der Waals surface area (Å²) in [4.78, 5) is 22.0. The molecule has 26 heavy (non-hydrogen) atoms. The molecule has 4 rings (SSSR count). The summed E-state index contributed by atoms with van der Waals surface area (Å²) >= 11 is 12.4. The molecule has 4 nitrogen and oxygen atoms in total. The Kier molecular flexibility index (Phi) is 4.49. The van der Waals surface area contributed by atoms with Gasteiger partial charge in [0, 0.05) is 22.8 Å². The fourth-order valence-electron chi connectivity index (χ4n) is 3.66. The Balaban J connectivity index is 2.00. The molecule has 0 saturated heterocycles. The van der Waals surface area contributed by atoms with E-state index in [1.165, 1.54) is 6.42 Å². The molecular weight excluding hydrogens is 369 g/mol. The van der Waals surface area contributed by atoms with E-state index in [4.69, 9.17) is 23.2 Å². The molecule has 1 fully saturated rings. The molecule has 3 aromatic rings. The fraction of sp³-hybridized carbons (Fsp3) is 0.350. The van der Waals surface area contributed by atoms with Crippen LogP contribution >= 0.6 is 23.2 Å². The van der Waals surface area contributed by atoms with Crippen molar-refractivity contribution in [2.24, 2.45) is 5.92 Å². The zero-order valence-electron chi connectivity index (χ0n) is 14.7. The second-order valence-electron chi connectivity index (χ2n) is 6.96. The fourth-order valence-corrected chi connectivity index (χ4v) is 4.16. The smallest absolute Gasteiger partial charge is 0.272 e. The molecule has 1 aliphatic carbocycles. The molecule has 0 unspecified atom stereocenters. The third kappa shape index (κ3) is 2.81. The van der Waals surface area contributed by atoms with E-state index in [2.05, 4.69) is 16.9 Å². The Hall–Kier alpha value is -1.91. The van der Waals surface area contributed by atoms with Gasteiger partial charge >= 0.3 is 0 Å². The Morgan fingerprint density at radius 3 is 2.65 bits per heavy atom. The molecule has 2 heterocycles. The first-order chi connectivity index (χ1) is 12.5. The van der Waals surface area contributed by atoms with Crippen molar-refractivity contribution in [1.29, 1.82) is 0 Å². The maximum absolute atomic E-state index is 12.9. The van der Waals surface area contributed by atoms with Gasteiger partial charge in [0.15, 0.2) is 0 Å². The molecule has 0 N–H and O–H groups in total. The SMILES string of the molecule is Cc1nc2c(-c3ccc(Cl)cc3Cl)nccc2n([C@H](C)C2CCC2)c1=O. The van der Waals surface area contributed by atoms with Crippen LogP contribution in [0.25, 0.3) is 22.3 Å². The second kappa shape index (κ2) is 6.67. The van der Waals surface area contributed by atoms with Crippen LogP contribution in [0, 0.1) is 12.8 Å². The normalized spacial score (nSPS) is 15.8. The largest absolute Gasteiger partial charge is 0.302 e. The quantitative estimate of drug-likeness (QED) is 0.601. The Labute approximate surface area is 161 Å². The molecular formula is C20H19Cl2N3O. The number of rotatable bonds is 3. The van der Waals surface area contributed by atoms with Crippen molar-refractivity contribution in [2.75, 3.05) is 0 Å². The van der Waals surface area contributed by atoms with Gasteiger partial charge in [-0.05, 0) is 56.9 Å². The van der Waals surface area contributed by atoms with E-state index in [0.29, 0.717) is 32.9 Å². The third-order valence-corrected chi connectivity index (χ3v) is 5.94.